The number of thioether (sulfide) groups is 1. The van der Waals surface area contributed by atoms with Crippen LogP contribution < -0.4 is 10.1 Å². The van der Waals surface area contributed by atoms with Crippen LogP contribution >= 0.6 is 11.8 Å². The first-order valence-corrected chi connectivity index (χ1v) is 6.92. The van der Waals surface area contributed by atoms with Gasteiger partial charge in [0, 0.05) is 11.8 Å². The van der Waals surface area contributed by atoms with Crippen LogP contribution in [0.4, 0.5) is 0 Å². The summed E-state index contributed by atoms with van der Waals surface area (Å²) in [4.78, 5) is 0. The summed E-state index contributed by atoms with van der Waals surface area (Å²) in [6, 6.07) is 8.73. The summed E-state index contributed by atoms with van der Waals surface area (Å²) in [5.74, 6) is 3.20. The van der Waals surface area contributed by atoms with Crippen molar-refractivity contribution >= 4 is 11.8 Å². The second-order valence-electron chi connectivity index (χ2n) is 3.55. The van der Waals surface area contributed by atoms with E-state index in [2.05, 4.69) is 37.4 Å². The number of rotatable bonds is 7. The van der Waals surface area contributed by atoms with Crippen molar-refractivity contribution in [3.63, 3.8) is 0 Å². The minimum atomic E-state index is 0.421. The number of benzene rings is 1. The van der Waals surface area contributed by atoms with Crippen LogP contribution in [-0.4, -0.2) is 25.2 Å². The van der Waals surface area contributed by atoms with Crippen LogP contribution in [0.2, 0.25) is 0 Å². The van der Waals surface area contributed by atoms with E-state index in [-0.39, 0.29) is 0 Å². The average Bonchev–Trinajstić information content (AvgIpc) is 2.34. The fraction of sp³-hybridized carbons (Fsp3) is 0.538. The molecule has 0 heterocycles. The molecule has 3 heteroatoms. The van der Waals surface area contributed by atoms with E-state index in [9.17, 15) is 0 Å². The van der Waals surface area contributed by atoms with E-state index in [0.717, 1.165) is 23.8 Å². The Morgan fingerprint density at radius 3 is 2.81 bits per heavy atom. The molecule has 0 aliphatic carbocycles. The van der Waals surface area contributed by atoms with Crippen LogP contribution in [0.5, 0.6) is 5.75 Å². The number of hydrogen-bond donors (Lipinski definition) is 1. The smallest absolute Gasteiger partial charge is 0.119 e. The Bertz CT molecular complexity index is 304. The Kier molecular flexibility index (Phi) is 6.34. The zero-order valence-electron chi connectivity index (χ0n) is 10.3. The van der Waals surface area contributed by atoms with Gasteiger partial charge in [0.05, 0.1) is 7.11 Å². The summed E-state index contributed by atoms with van der Waals surface area (Å²) in [6.45, 7) is 5.33. The second kappa shape index (κ2) is 7.58. The van der Waals surface area contributed by atoms with Gasteiger partial charge in [0.1, 0.15) is 5.75 Å². The highest BCUT2D eigenvalue weighted by Crippen LogP contribution is 2.22. The lowest BCUT2D eigenvalue weighted by molar-refractivity contribution is 0.413. The number of nitrogens with one attached hydrogen (secondary N) is 1. The first-order valence-electron chi connectivity index (χ1n) is 5.76. The Hall–Kier alpha value is -0.670. The van der Waals surface area contributed by atoms with Crippen LogP contribution in [-0.2, 0) is 0 Å². The van der Waals surface area contributed by atoms with Gasteiger partial charge in [-0.15, -0.1) is 0 Å². The van der Waals surface area contributed by atoms with Crippen LogP contribution in [0.3, 0.4) is 0 Å². The van der Waals surface area contributed by atoms with Gasteiger partial charge >= 0.3 is 0 Å². The minimum absolute atomic E-state index is 0.421. The van der Waals surface area contributed by atoms with E-state index >= 15 is 0 Å². The molecule has 0 aliphatic rings. The van der Waals surface area contributed by atoms with Gasteiger partial charge in [-0.05, 0) is 30.0 Å². The van der Waals surface area contributed by atoms with Crippen molar-refractivity contribution in [1.29, 1.82) is 0 Å². The molecule has 1 rings (SSSR count). The molecule has 1 N–H and O–H groups in total. The highest BCUT2D eigenvalue weighted by atomic mass is 32.2. The van der Waals surface area contributed by atoms with Crippen LogP contribution in [0.25, 0.3) is 0 Å². The first-order chi connectivity index (χ1) is 7.81. The molecule has 0 aliphatic heterocycles. The van der Waals surface area contributed by atoms with Crippen molar-refractivity contribution in [3.8, 4) is 5.75 Å². The average molecular weight is 239 g/mol. The van der Waals surface area contributed by atoms with Gasteiger partial charge in [-0.1, -0.05) is 26.0 Å². The number of ether oxygens (including phenoxy) is 1. The fourth-order valence-corrected chi connectivity index (χ4v) is 2.40. The third-order valence-electron chi connectivity index (χ3n) is 2.44. The van der Waals surface area contributed by atoms with E-state index in [0.29, 0.717) is 6.04 Å². The molecule has 1 aromatic carbocycles. The van der Waals surface area contributed by atoms with Crippen molar-refractivity contribution in [2.45, 2.75) is 19.9 Å². The molecule has 0 bridgehead atoms. The van der Waals surface area contributed by atoms with Crippen LogP contribution in [0.15, 0.2) is 24.3 Å². The molecule has 2 nitrogen and oxygen atoms in total. The molecule has 0 saturated heterocycles. The van der Waals surface area contributed by atoms with Crippen molar-refractivity contribution in [2.75, 3.05) is 25.2 Å². The van der Waals surface area contributed by atoms with Crippen molar-refractivity contribution in [2.24, 2.45) is 0 Å². The first kappa shape index (κ1) is 13.4. The Morgan fingerprint density at radius 2 is 2.19 bits per heavy atom. The van der Waals surface area contributed by atoms with E-state index < -0.39 is 0 Å². The largest absolute Gasteiger partial charge is 0.497 e. The third kappa shape index (κ3) is 4.06. The van der Waals surface area contributed by atoms with E-state index in [4.69, 9.17) is 4.74 Å². The van der Waals surface area contributed by atoms with Gasteiger partial charge in [0.2, 0.25) is 0 Å². The molecule has 0 fully saturated rings. The Morgan fingerprint density at radius 1 is 1.38 bits per heavy atom. The molecule has 0 spiro atoms. The lowest BCUT2D eigenvalue weighted by Gasteiger charge is -2.18. The quantitative estimate of drug-likeness (QED) is 0.790. The van der Waals surface area contributed by atoms with Gasteiger partial charge in [-0.25, -0.2) is 0 Å². The van der Waals surface area contributed by atoms with Crippen LogP contribution in [0.1, 0.15) is 25.5 Å². The monoisotopic (exact) mass is 239 g/mol. The van der Waals surface area contributed by atoms with E-state index in [1.165, 1.54) is 5.56 Å². The maximum Gasteiger partial charge on any atom is 0.119 e. The third-order valence-corrected chi connectivity index (χ3v) is 3.41. The Balaban J connectivity index is 2.73. The molecule has 0 radical (unpaired) electrons. The predicted octanol–water partition coefficient (Wildman–Crippen LogP) is 3.10. The molecule has 90 valence electrons. The molecule has 0 amide bonds. The summed E-state index contributed by atoms with van der Waals surface area (Å²) in [7, 11) is 1.71. The highest BCUT2D eigenvalue weighted by molar-refractivity contribution is 7.99. The molecule has 0 saturated carbocycles. The zero-order valence-corrected chi connectivity index (χ0v) is 11.1. The number of methoxy groups -OCH3 is 1. The van der Waals surface area contributed by atoms with Gasteiger partial charge in [-0.3, -0.25) is 0 Å². The maximum absolute atomic E-state index is 5.25. The van der Waals surface area contributed by atoms with Gasteiger partial charge in [0.25, 0.3) is 0 Å². The summed E-state index contributed by atoms with van der Waals surface area (Å²) >= 11 is 1.96. The molecular formula is C13H21NOS. The zero-order chi connectivity index (χ0) is 11.8. The normalized spacial score (nSPS) is 12.4. The van der Waals surface area contributed by atoms with Crippen molar-refractivity contribution < 1.29 is 4.74 Å². The molecular weight excluding hydrogens is 218 g/mol. The second-order valence-corrected chi connectivity index (χ2v) is 4.87. The van der Waals surface area contributed by atoms with E-state index in [1.54, 1.807) is 7.11 Å². The summed E-state index contributed by atoms with van der Waals surface area (Å²) < 4.78 is 5.25. The minimum Gasteiger partial charge on any atom is -0.497 e. The molecule has 1 atom stereocenters. The van der Waals surface area contributed by atoms with Crippen molar-refractivity contribution in [3.05, 3.63) is 29.8 Å². The topological polar surface area (TPSA) is 21.3 Å². The predicted molar refractivity (Wildman–Crippen MR) is 72.4 cm³/mol. The molecule has 0 aromatic heterocycles. The fourth-order valence-electron chi connectivity index (χ4n) is 1.61. The summed E-state index contributed by atoms with van der Waals surface area (Å²) in [5.41, 5.74) is 1.31. The molecule has 1 unspecified atom stereocenters. The van der Waals surface area contributed by atoms with Gasteiger partial charge in [0.15, 0.2) is 0 Å². The van der Waals surface area contributed by atoms with Gasteiger partial charge < -0.3 is 10.1 Å². The lowest BCUT2D eigenvalue weighted by atomic mass is 10.1. The number of hydrogen-bond acceptors (Lipinski definition) is 3. The van der Waals surface area contributed by atoms with Gasteiger partial charge in [-0.2, -0.15) is 11.8 Å². The Labute approximate surface area is 103 Å². The summed E-state index contributed by atoms with van der Waals surface area (Å²) in [6.07, 6.45) is 0. The van der Waals surface area contributed by atoms with Crippen molar-refractivity contribution in [1.82, 2.24) is 5.32 Å². The van der Waals surface area contributed by atoms with E-state index in [1.807, 2.05) is 17.8 Å². The molecule has 16 heavy (non-hydrogen) atoms. The highest BCUT2D eigenvalue weighted by Gasteiger charge is 2.10. The SMILES string of the molecule is CCNC(CSCC)c1cccc(OC)c1. The van der Waals surface area contributed by atoms with Crippen LogP contribution in [0, 0.1) is 0 Å². The molecule has 1 aromatic rings. The summed E-state index contributed by atoms with van der Waals surface area (Å²) in [5, 5.41) is 3.51. The standard InChI is InChI=1S/C13H21NOS/c1-4-14-13(10-16-5-2)11-7-6-8-12(9-11)15-3/h6-9,13-14H,4-5,10H2,1-3H3. The lowest BCUT2D eigenvalue weighted by Crippen LogP contribution is -2.23. The maximum atomic E-state index is 5.25.